The van der Waals surface area contributed by atoms with Crippen molar-refractivity contribution in [2.45, 2.75) is 33.8 Å². The minimum atomic E-state index is 0.326. The van der Waals surface area contributed by atoms with Crippen LogP contribution in [0.2, 0.25) is 0 Å². The summed E-state index contributed by atoms with van der Waals surface area (Å²) < 4.78 is 5.42. The van der Waals surface area contributed by atoms with Gasteiger partial charge in [-0.3, -0.25) is 0 Å². The lowest BCUT2D eigenvalue weighted by Gasteiger charge is -2.19. The van der Waals surface area contributed by atoms with Gasteiger partial charge in [-0.1, -0.05) is 13.8 Å². The van der Waals surface area contributed by atoms with Crippen LogP contribution in [0.1, 0.15) is 27.7 Å². The van der Waals surface area contributed by atoms with Gasteiger partial charge in [-0.05, 0) is 38.8 Å². The van der Waals surface area contributed by atoms with E-state index in [4.69, 9.17) is 10.5 Å². The number of nitrogens with two attached hydrogens (primary N) is 1. The average molecular weight is 202 g/mol. The van der Waals surface area contributed by atoms with Gasteiger partial charge in [-0.25, -0.2) is 0 Å². The minimum absolute atomic E-state index is 0.326. The lowest BCUT2D eigenvalue weighted by atomic mass is 9.96. The van der Waals surface area contributed by atoms with Crippen molar-refractivity contribution < 1.29 is 4.74 Å². The van der Waals surface area contributed by atoms with E-state index in [1.165, 1.54) is 0 Å². The Kier molecular flexibility index (Phi) is 8.14. The second kappa shape index (κ2) is 8.21. The summed E-state index contributed by atoms with van der Waals surface area (Å²) in [4.78, 5) is 0. The third-order valence-electron chi connectivity index (χ3n) is 2.38. The number of rotatable bonds is 8. The van der Waals surface area contributed by atoms with Gasteiger partial charge in [0, 0.05) is 6.54 Å². The Morgan fingerprint density at radius 3 is 2.29 bits per heavy atom. The van der Waals surface area contributed by atoms with Crippen molar-refractivity contribution in [3.05, 3.63) is 0 Å². The molecule has 0 aromatic rings. The highest BCUT2D eigenvalue weighted by Gasteiger charge is 2.09. The molecule has 0 spiro atoms. The fourth-order valence-corrected chi connectivity index (χ4v) is 1.25. The van der Waals surface area contributed by atoms with E-state index in [2.05, 4.69) is 33.0 Å². The monoisotopic (exact) mass is 202 g/mol. The predicted octanol–water partition coefficient (Wildman–Crippen LogP) is 1.23. The van der Waals surface area contributed by atoms with Crippen molar-refractivity contribution in [2.24, 2.45) is 17.6 Å². The summed E-state index contributed by atoms with van der Waals surface area (Å²) in [5.74, 6) is 1.23. The summed E-state index contributed by atoms with van der Waals surface area (Å²) in [5.41, 5.74) is 5.67. The Balaban J connectivity index is 3.33. The SMILES string of the molecule is CC(C)OCCNCC(CN)C(C)C. The van der Waals surface area contributed by atoms with Gasteiger partial charge >= 0.3 is 0 Å². The molecule has 1 atom stereocenters. The van der Waals surface area contributed by atoms with E-state index in [1.807, 2.05) is 0 Å². The number of ether oxygens (including phenoxy) is 1. The van der Waals surface area contributed by atoms with Crippen LogP contribution in [0.5, 0.6) is 0 Å². The van der Waals surface area contributed by atoms with Crippen LogP contribution >= 0.6 is 0 Å². The molecule has 0 aromatic carbocycles. The van der Waals surface area contributed by atoms with Crippen LogP contribution in [-0.4, -0.2) is 32.3 Å². The quantitative estimate of drug-likeness (QED) is 0.582. The van der Waals surface area contributed by atoms with Crippen LogP contribution < -0.4 is 11.1 Å². The Morgan fingerprint density at radius 2 is 1.86 bits per heavy atom. The summed E-state index contributed by atoms with van der Waals surface area (Å²) in [6.45, 7) is 12.0. The van der Waals surface area contributed by atoms with Gasteiger partial charge in [0.25, 0.3) is 0 Å². The molecule has 3 N–H and O–H groups in total. The minimum Gasteiger partial charge on any atom is -0.377 e. The van der Waals surface area contributed by atoms with Gasteiger partial charge in [0.2, 0.25) is 0 Å². The Labute approximate surface area is 88.4 Å². The highest BCUT2D eigenvalue weighted by atomic mass is 16.5. The average Bonchev–Trinajstić information content (AvgIpc) is 2.10. The lowest BCUT2D eigenvalue weighted by Crippen LogP contribution is -2.33. The second-order valence-electron chi connectivity index (χ2n) is 4.36. The van der Waals surface area contributed by atoms with Gasteiger partial charge in [-0.15, -0.1) is 0 Å². The van der Waals surface area contributed by atoms with Crippen LogP contribution in [0, 0.1) is 11.8 Å². The largest absolute Gasteiger partial charge is 0.377 e. The van der Waals surface area contributed by atoms with Crippen LogP contribution in [0.3, 0.4) is 0 Å². The summed E-state index contributed by atoms with van der Waals surface area (Å²) >= 11 is 0. The van der Waals surface area contributed by atoms with Crippen molar-refractivity contribution in [3.8, 4) is 0 Å². The molecule has 0 amide bonds. The molecule has 0 aliphatic carbocycles. The van der Waals surface area contributed by atoms with Gasteiger partial charge in [-0.2, -0.15) is 0 Å². The molecule has 0 heterocycles. The summed E-state index contributed by atoms with van der Waals surface area (Å²) in [7, 11) is 0. The highest BCUT2D eigenvalue weighted by Crippen LogP contribution is 2.06. The molecule has 0 aromatic heterocycles. The molecule has 0 aliphatic heterocycles. The van der Waals surface area contributed by atoms with E-state index in [0.717, 1.165) is 26.2 Å². The van der Waals surface area contributed by atoms with Gasteiger partial charge < -0.3 is 15.8 Å². The molecule has 0 saturated heterocycles. The van der Waals surface area contributed by atoms with Gasteiger partial charge in [0.1, 0.15) is 0 Å². The van der Waals surface area contributed by atoms with Crippen molar-refractivity contribution in [2.75, 3.05) is 26.2 Å². The molecule has 0 radical (unpaired) electrons. The van der Waals surface area contributed by atoms with E-state index < -0.39 is 0 Å². The standard InChI is InChI=1S/C11H26N2O/c1-9(2)11(7-12)8-13-5-6-14-10(3)4/h9-11,13H,5-8,12H2,1-4H3. The zero-order chi connectivity index (χ0) is 11.0. The van der Waals surface area contributed by atoms with Crippen molar-refractivity contribution in [1.82, 2.24) is 5.32 Å². The fourth-order valence-electron chi connectivity index (χ4n) is 1.25. The Morgan fingerprint density at radius 1 is 1.21 bits per heavy atom. The van der Waals surface area contributed by atoms with Crippen molar-refractivity contribution in [3.63, 3.8) is 0 Å². The fraction of sp³-hybridized carbons (Fsp3) is 1.00. The van der Waals surface area contributed by atoms with Gasteiger partial charge in [0.15, 0.2) is 0 Å². The maximum atomic E-state index is 5.67. The van der Waals surface area contributed by atoms with E-state index in [-0.39, 0.29) is 0 Å². The molecule has 86 valence electrons. The lowest BCUT2D eigenvalue weighted by molar-refractivity contribution is 0.0801. The third-order valence-corrected chi connectivity index (χ3v) is 2.38. The van der Waals surface area contributed by atoms with E-state index >= 15 is 0 Å². The molecule has 0 rings (SSSR count). The number of nitrogens with one attached hydrogen (secondary N) is 1. The smallest absolute Gasteiger partial charge is 0.0594 e. The van der Waals surface area contributed by atoms with E-state index in [9.17, 15) is 0 Å². The topological polar surface area (TPSA) is 47.3 Å². The van der Waals surface area contributed by atoms with Crippen molar-refractivity contribution in [1.29, 1.82) is 0 Å². The normalized spacial score (nSPS) is 13.9. The van der Waals surface area contributed by atoms with E-state index in [1.54, 1.807) is 0 Å². The summed E-state index contributed by atoms with van der Waals surface area (Å²) in [6, 6.07) is 0. The molecule has 1 unspecified atom stereocenters. The van der Waals surface area contributed by atoms with Gasteiger partial charge in [0.05, 0.1) is 12.7 Å². The van der Waals surface area contributed by atoms with E-state index in [0.29, 0.717) is 17.9 Å². The zero-order valence-electron chi connectivity index (χ0n) is 10.0. The first-order chi connectivity index (χ1) is 6.57. The predicted molar refractivity (Wildman–Crippen MR) is 61.3 cm³/mol. The first kappa shape index (κ1) is 13.9. The maximum absolute atomic E-state index is 5.67. The van der Waals surface area contributed by atoms with Crippen molar-refractivity contribution >= 4 is 0 Å². The first-order valence-electron chi connectivity index (χ1n) is 5.60. The van der Waals surface area contributed by atoms with Crippen LogP contribution in [-0.2, 0) is 4.74 Å². The molecule has 0 aliphatic rings. The third kappa shape index (κ3) is 7.30. The molecule has 0 saturated carbocycles. The Hall–Kier alpha value is -0.120. The van der Waals surface area contributed by atoms with Crippen LogP contribution in [0.4, 0.5) is 0 Å². The number of hydrogen-bond acceptors (Lipinski definition) is 3. The van der Waals surface area contributed by atoms with Crippen LogP contribution in [0.25, 0.3) is 0 Å². The molecular formula is C11H26N2O. The molecule has 3 nitrogen and oxygen atoms in total. The summed E-state index contributed by atoms with van der Waals surface area (Å²) in [5, 5.41) is 3.37. The summed E-state index contributed by atoms with van der Waals surface area (Å²) in [6.07, 6.45) is 0.326. The highest BCUT2D eigenvalue weighted by molar-refractivity contribution is 4.66. The molecule has 0 bridgehead atoms. The second-order valence-corrected chi connectivity index (χ2v) is 4.36. The number of hydrogen-bond donors (Lipinski definition) is 2. The first-order valence-corrected chi connectivity index (χ1v) is 5.60. The maximum Gasteiger partial charge on any atom is 0.0594 e. The Bertz CT molecular complexity index is 126. The van der Waals surface area contributed by atoms with Crippen LogP contribution in [0.15, 0.2) is 0 Å². The molecular weight excluding hydrogens is 176 g/mol. The zero-order valence-corrected chi connectivity index (χ0v) is 10.0. The molecule has 3 heteroatoms. The molecule has 14 heavy (non-hydrogen) atoms. The molecule has 0 fully saturated rings.